The fraction of sp³-hybridized carbons (Fsp3) is 0.200. The van der Waals surface area contributed by atoms with Crippen LogP contribution in [0, 0.1) is 5.82 Å². The quantitative estimate of drug-likeness (QED) is 0.869. The highest BCUT2D eigenvalue weighted by atomic mass is 35.5. The fourth-order valence-corrected chi connectivity index (χ4v) is 2.00. The Morgan fingerprint density at radius 3 is 2.80 bits per heavy atom. The molecule has 2 rings (SSSR count). The Labute approximate surface area is 122 Å². The second-order valence-electron chi connectivity index (χ2n) is 4.20. The number of aromatic hydroxyl groups is 1. The Morgan fingerprint density at radius 1 is 1.25 bits per heavy atom. The van der Waals surface area contributed by atoms with E-state index in [1.807, 2.05) is 6.92 Å². The molecule has 2 N–H and O–H groups in total. The molecule has 0 bridgehead atoms. The summed E-state index contributed by atoms with van der Waals surface area (Å²) in [6.45, 7) is 2.64. The van der Waals surface area contributed by atoms with Crippen molar-refractivity contribution in [3.63, 3.8) is 0 Å². The maximum Gasteiger partial charge on any atom is 0.145 e. The van der Waals surface area contributed by atoms with Crippen molar-refractivity contribution < 1.29 is 14.2 Å². The second-order valence-corrected chi connectivity index (χ2v) is 4.64. The number of phenolic OH excluding ortho intramolecular Hbond substituents is 1. The normalized spacial score (nSPS) is 10.3. The summed E-state index contributed by atoms with van der Waals surface area (Å²) in [4.78, 5) is 0. The first-order valence-corrected chi connectivity index (χ1v) is 6.61. The van der Waals surface area contributed by atoms with Crippen molar-refractivity contribution in [2.45, 2.75) is 13.5 Å². The minimum Gasteiger partial charge on any atom is -0.508 e. The molecule has 2 aromatic carbocycles. The second kappa shape index (κ2) is 6.48. The monoisotopic (exact) mass is 295 g/mol. The molecule has 0 spiro atoms. The van der Waals surface area contributed by atoms with Crippen molar-refractivity contribution in [2.75, 3.05) is 11.9 Å². The lowest BCUT2D eigenvalue weighted by atomic mass is 10.2. The van der Waals surface area contributed by atoms with Crippen LogP contribution < -0.4 is 10.1 Å². The van der Waals surface area contributed by atoms with E-state index in [4.69, 9.17) is 16.3 Å². The third kappa shape index (κ3) is 3.54. The van der Waals surface area contributed by atoms with Gasteiger partial charge in [-0.1, -0.05) is 11.6 Å². The lowest BCUT2D eigenvalue weighted by Gasteiger charge is -2.13. The standard InChI is InChI=1S/C15H15ClFNO2/c1-2-20-15-8-12(17)4-5-13(15)18-9-10-7-11(16)3-6-14(10)19/h3-8,18-19H,2,9H2,1H3. The van der Waals surface area contributed by atoms with Gasteiger partial charge in [0.1, 0.15) is 17.3 Å². The van der Waals surface area contributed by atoms with Crippen LogP contribution in [0.1, 0.15) is 12.5 Å². The molecule has 0 radical (unpaired) electrons. The van der Waals surface area contributed by atoms with Crippen LogP contribution in [-0.2, 0) is 6.54 Å². The van der Waals surface area contributed by atoms with E-state index in [0.717, 1.165) is 0 Å². The Bertz CT molecular complexity index is 604. The maximum atomic E-state index is 13.2. The van der Waals surface area contributed by atoms with Gasteiger partial charge < -0.3 is 15.2 Å². The highest BCUT2D eigenvalue weighted by Gasteiger charge is 2.07. The Balaban J connectivity index is 2.16. The summed E-state index contributed by atoms with van der Waals surface area (Å²) < 4.78 is 18.6. The predicted octanol–water partition coefficient (Wildman–Crippen LogP) is 4.20. The summed E-state index contributed by atoms with van der Waals surface area (Å²) in [6.07, 6.45) is 0. The molecule has 3 nitrogen and oxygen atoms in total. The van der Waals surface area contributed by atoms with Crippen LogP contribution in [-0.4, -0.2) is 11.7 Å². The molecule has 0 fully saturated rings. The van der Waals surface area contributed by atoms with Crippen molar-refractivity contribution in [3.05, 3.63) is 52.8 Å². The number of anilines is 1. The molecule has 0 saturated carbocycles. The minimum absolute atomic E-state index is 0.155. The first-order valence-electron chi connectivity index (χ1n) is 6.23. The topological polar surface area (TPSA) is 41.5 Å². The predicted molar refractivity (Wildman–Crippen MR) is 78.0 cm³/mol. The van der Waals surface area contributed by atoms with Crippen molar-refractivity contribution >= 4 is 17.3 Å². The lowest BCUT2D eigenvalue weighted by molar-refractivity contribution is 0.339. The number of hydrogen-bond acceptors (Lipinski definition) is 3. The Morgan fingerprint density at radius 2 is 2.05 bits per heavy atom. The van der Waals surface area contributed by atoms with Crippen LogP contribution in [0.2, 0.25) is 5.02 Å². The van der Waals surface area contributed by atoms with Crippen molar-refractivity contribution in [1.82, 2.24) is 0 Å². The molecule has 0 amide bonds. The van der Waals surface area contributed by atoms with E-state index in [2.05, 4.69) is 5.32 Å². The maximum absolute atomic E-state index is 13.2. The average Bonchev–Trinajstić information content (AvgIpc) is 2.42. The molecule has 5 heteroatoms. The number of benzene rings is 2. The van der Waals surface area contributed by atoms with Crippen molar-refractivity contribution in [3.8, 4) is 11.5 Å². The highest BCUT2D eigenvalue weighted by molar-refractivity contribution is 6.30. The molecule has 2 aromatic rings. The van der Waals surface area contributed by atoms with Gasteiger partial charge in [0.25, 0.3) is 0 Å². The molecule has 20 heavy (non-hydrogen) atoms. The molecular weight excluding hydrogens is 281 g/mol. The largest absolute Gasteiger partial charge is 0.508 e. The molecule has 0 aliphatic rings. The third-order valence-corrected chi connectivity index (χ3v) is 2.99. The Kier molecular flexibility index (Phi) is 4.69. The van der Waals surface area contributed by atoms with Crippen LogP contribution in [0.5, 0.6) is 11.5 Å². The number of rotatable bonds is 5. The number of nitrogens with one attached hydrogen (secondary N) is 1. The minimum atomic E-state index is -0.357. The lowest BCUT2D eigenvalue weighted by Crippen LogP contribution is -2.03. The van der Waals surface area contributed by atoms with Crippen molar-refractivity contribution in [2.24, 2.45) is 0 Å². The van der Waals surface area contributed by atoms with Gasteiger partial charge in [0.15, 0.2) is 0 Å². The van der Waals surface area contributed by atoms with E-state index in [1.165, 1.54) is 18.2 Å². The van der Waals surface area contributed by atoms with Gasteiger partial charge >= 0.3 is 0 Å². The molecular formula is C15H15ClFNO2. The number of ether oxygens (including phenoxy) is 1. The van der Waals surface area contributed by atoms with E-state index in [9.17, 15) is 9.50 Å². The van der Waals surface area contributed by atoms with Crippen molar-refractivity contribution in [1.29, 1.82) is 0 Å². The summed E-state index contributed by atoms with van der Waals surface area (Å²) in [5.41, 5.74) is 1.32. The first-order chi connectivity index (χ1) is 9.60. The van der Waals surface area contributed by atoms with Crippen LogP contribution in [0.4, 0.5) is 10.1 Å². The van der Waals surface area contributed by atoms with E-state index in [0.29, 0.717) is 35.2 Å². The van der Waals surface area contributed by atoms with Gasteiger partial charge in [-0.2, -0.15) is 0 Å². The molecule has 0 unspecified atom stereocenters. The molecule has 0 aliphatic heterocycles. The summed E-state index contributed by atoms with van der Waals surface area (Å²) in [6, 6.07) is 9.10. The smallest absolute Gasteiger partial charge is 0.145 e. The summed E-state index contributed by atoms with van der Waals surface area (Å²) in [7, 11) is 0. The molecule has 0 aromatic heterocycles. The molecule has 0 atom stereocenters. The molecule has 106 valence electrons. The van der Waals surface area contributed by atoms with Gasteiger partial charge in [0.2, 0.25) is 0 Å². The zero-order valence-corrected chi connectivity index (χ0v) is 11.7. The van der Waals surface area contributed by atoms with Gasteiger partial charge in [-0.3, -0.25) is 0 Å². The fourth-order valence-electron chi connectivity index (χ4n) is 1.80. The molecule has 0 aliphatic carbocycles. The van der Waals surface area contributed by atoms with Crippen LogP contribution in [0.3, 0.4) is 0 Å². The first kappa shape index (κ1) is 14.5. The Hall–Kier alpha value is -1.94. The molecule has 0 heterocycles. The summed E-state index contributed by atoms with van der Waals surface area (Å²) in [5, 5.41) is 13.4. The van der Waals surface area contributed by atoms with Gasteiger partial charge in [0.05, 0.1) is 12.3 Å². The van der Waals surface area contributed by atoms with Crippen LogP contribution in [0.15, 0.2) is 36.4 Å². The average molecular weight is 296 g/mol. The van der Waals surface area contributed by atoms with E-state index >= 15 is 0 Å². The highest BCUT2D eigenvalue weighted by Crippen LogP contribution is 2.28. The van der Waals surface area contributed by atoms with Crippen LogP contribution >= 0.6 is 11.6 Å². The van der Waals surface area contributed by atoms with Gasteiger partial charge in [0, 0.05) is 23.2 Å². The van der Waals surface area contributed by atoms with Crippen LogP contribution in [0.25, 0.3) is 0 Å². The zero-order valence-electron chi connectivity index (χ0n) is 11.0. The zero-order chi connectivity index (χ0) is 14.5. The third-order valence-electron chi connectivity index (χ3n) is 2.75. The van der Waals surface area contributed by atoms with E-state index < -0.39 is 0 Å². The van der Waals surface area contributed by atoms with Gasteiger partial charge in [-0.05, 0) is 37.3 Å². The van der Waals surface area contributed by atoms with Gasteiger partial charge in [-0.15, -0.1) is 0 Å². The van der Waals surface area contributed by atoms with E-state index in [1.54, 1.807) is 18.2 Å². The SMILES string of the molecule is CCOc1cc(F)ccc1NCc1cc(Cl)ccc1O. The van der Waals surface area contributed by atoms with Gasteiger partial charge in [-0.25, -0.2) is 4.39 Å². The summed E-state index contributed by atoms with van der Waals surface area (Å²) >= 11 is 5.89. The number of hydrogen-bond donors (Lipinski definition) is 2. The molecule has 0 saturated heterocycles. The van der Waals surface area contributed by atoms with E-state index in [-0.39, 0.29) is 11.6 Å². The number of halogens is 2. The summed E-state index contributed by atoms with van der Waals surface area (Å²) in [5.74, 6) is 0.237. The number of phenols is 1.